The van der Waals surface area contributed by atoms with Crippen molar-refractivity contribution < 1.29 is 23.1 Å². The minimum atomic E-state index is -4.97. The molecule has 1 aromatic carbocycles. The minimum absolute atomic E-state index is 0.0693. The van der Waals surface area contributed by atoms with Crippen molar-refractivity contribution in [3.05, 3.63) is 101 Å². The number of carboxylic acid groups (broad SMARTS) is 1. The third-order valence-corrected chi connectivity index (χ3v) is 4.30. The average molecular weight is 427 g/mol. The van der Waals surface area contributed by atoms with E-state index in [-0.39, 0.29) is 5.82 Å². The molecule has 6 nitrogen and oxygen atoms in total. The highest BCUT2D eigenvalue weighted by atomic mass is 19.4. The van der Waals surface area contributed by atoms with E-state index in [0.29, 0.717) is 17.5 Å². The van der Waals surface area contributed by atoms with Gasteiger partial charge in [-0.3, -0.25) is 9.36 Å². The molecule has 3 rings (SSSR count). The first-order valence-electron chi connectivity index (χ1n) is 8.86. The van der Waals surface area contributed by atoms with Crippen molar-refractivity contribution in [2.75, 3.05) is 5.32 Å². The second kappa shape index (κ2) is 8.31. The van der Waals surface area contributed by atoms with Gasteiger partial charge in [-0.25, -0.2) is 9.78 Å². The smallest absolute Gasteiger partial charge is 0.417 e. The second-order valence-electron chi connectivity index (χ2n) is 6.31. The van der Waals surface area contributed by atoms with Gasteiger partial charge in [-0.05, 0) is 30.4 Å². The summed E-state index contributed by atoms with van der Waals surface area (Å²) in [5, 5.41) is 11.5. The number of rotatable bonds is 6. The van der Waals surface area contributed by atoms with Crippen LogP contribution in [0.2, 0.25) is 0 Å². The number of carboxylic acids is 1. The molecule has 2 aromatic heterocycles. The number of alkyl halides is 3. The summed E-state index contributed by atoms with van der Waals surface area (Å²) >= 11 is 0. The molecule has 0 radical (unpaired) electrons. The van der Waals surface area contributed by atoms with Gasteiger partial charge in [0.2, 0.25) is 0 Å². The van der Waals surface area contributed by atoms with Crippen molar-refractivity contribution in [2.45, 2.75) is 6.18 Å². The molecule has 9 heteroatoms. The number of aromatic carboxylic acids is 1. The maximum atomic E-state index is 13.7. The highest BCUT2D eigenvalue weighted by Gasteiger charge is 2.36. The van der Waals surface area contributed by atoms with Gasteiger partial charge in [-0.1, -0.05) is 37.4 Å². The van der Waals surface area contributed by atoms with E-state index >= 15 is 0 Å². The fraction of sp³-hybridized carbons (Fsp3) is 0.0455. The summed E-state index contributed by atoms with van der Waals surface area (Å²) in [6, 6.07) is 9.51. The predicted molar refractivity (Wildman–Crippen MR) is 111 cm³/mol. The summed E-state index contributed by atoms with van der Waals surface area (Å²) < 4.78 is 42.4. The number of para-hydroxylation sites is 1. The van der Waals surface area contributed by atoms with Crippen molar-refractivity contribution >= 4 is 22.8 Å². The zero-order valence-electron chi connectivity index (χ0n) is 16.0. The number of aromatic nitrogens is 2. The SMILES string of the molecule is C=C/C=C(\C=C)Nc1cc(=O)c2c(C(F)(F)F)cc(C(=O)O)nc2n1-c1ccccc1. The molecule has 2 N–H and O–H groups in total. The lowest BCUT2D eigenvalue weighted by molar-refractivity contribution is -0.136. The maximum Gasteiger partial charge on any atom is 0.417 e. The molecular formula is C22H16F3N3O3. The van der Waals surface area contributed by atoms with E-state index in [1.807, 2.05) is 0 Å². The van der Waals surface area contributed by atoms with Crippen molar-refractivity contribution in [3.63, 3.8) is 0 Å². The zero-order chi connectivity index (χ0) is 22.8. The van der Waals surface area contributed by atoms with E-state index in [0.717, 1.165) is 6.07 Å². The molecule has 0 aliphatic heterocycles. The van der Waals surface area contributed by atoms with Gasteiger partial charge in [0.05, 0.1) is 10.9 Å². The molecule has 31 heavy (non-hydrogen) atoms. The van der Waals surface area contributed by atoms with E-state index in [1.165, 1.54) is 16.7 Å². The number of fused-ring (bicyclic) bond motifs is 1. The Morgan fingerprint density at radius 3 is 2.39 bits per heavy atom. The van der Waals surface area contributed by atoms with E-state index < -0.39 is 39.9 Å². The van der Waals surface area contributed by atoms with Crippen LogP contribution < -0.4 is 10.7 Å². The highest BCUT2D eigenvalue weighted by molar-refractivity contribution is 5.92. The Kier molecular flexibility index (Phi) is 5.78. The molecule has 0 spiro atoms. The van der Waals surface area contributed by atoms with Crippen LogP contribution in [0, 0.1) is 0 Å². The minimum Gasteiger partial charge on any atom is -0.477 e. The normalized spacial score (nSPS) is 11.9. The first-order chi connectivity index (χ1) is 14.7. The molecule has 0 saturated heterocycles. The van der Waals surface area contributed by atoms with Crippen LogP contribution in [0.5, 0.6) is 0 Å². The van der Waals surface area contributed by atoms with Crippen molar-refractivity contribution in [3.8, 4) is 5.69 Å². The highest BCUT2D eigenvalue weighted by Crippen LogP contribution is 2.35. The monoisotopic (exact) mass is 427 g/mol. The predicted octanol–water partition coefficient (Wildman–Crippen LogP) is 4.77. The Morgan fingerprint density at radius 1 is 1.16 bits per heavy atom. The van der Waals surface area contributed by atoms with E-state index in [2.05, 4.69) is 23.5 Å². The van der Waals surface area contributed by atoms with Crippen molar-refractivity contribution in [2.24, 2.45) is 0 Å². The molecule has 2 heterocycles. The Hall–Kier alpha value is -4.14. The Labute approximate surface area is 174 Å². The number of nitrogens with one attached hydrogen (secondary N) is 1. The van der Waals surface area contributed by atoms with Crippen LogP contribution in [0.25, 0.3) is 16.7 Å². The first kappa shape index (κ1) is 21.6. The molecule has 3 aromatic rings. The molecule has 158 valence electrons. The van der Waals surface area contributed by atoms with Crippen LogP contribution in [0.15, 0.2) is 84.3 Å². The summed E-state index contributed by atoms with van der Waals surface area (Å²) in [7, 11) is 0. The van der Waals surface area contributed by atoms with Crippen LogP contribution in [0.3, 0.4) is 0 Å². The summed E-state index contributed by atoms with van der Waals surface area (Å²) in [4.78, 5) is 28.1. The van der Waals surface area contributed by atoms with E-state index in [4.69, 9.17) is 0 Å². The second-order valence-corrected chi connectivity index (χ2v) is 6.31. The number of allylic oxidation sites excluding steroid dienone is 3. The van der Waals surface area contributed by atoms with Gasteiger partial charge in [0, 0.05) is 17.5 Å². The number of halogens is 3. The quantitative estimate of drug-likeness (QED) is 0.554. The fourth-order valence-electron chi connectivity index (χ4n) is 3.01. The van der Waals surface area contributed by atoms with Gasteiger partial charge in [-0.15, -0.1) is 0 Å². The third-order valence-electron chi connectivity index (χ3n) is 4.30. The molecule has 0 aliphatic carbocycles. The maximum absolute atomic E-state index is 13.7. The molecule has 0 unspecified atom stereocenters. The molecular weight excluding hydrogens is 411 g/mol. The zero-order valence-corrected chi connectivity index (χ0v) is 16.0. The van der Waals surface area contributed by atoms with Crippen molar-refractivity contribution in [1.29, 1.82) is 0 Å². The Balaban J connectivity index is 2.53. The number of hydrogen-bond donors (Lipinski definition) is 2. The van der Waals surface area contributed by atoms with Crippen molar-refractivity contribution in [1.82, 2.24) is 9.55 Å². The molecule has 0 saturated carbocycles. The number of nitrogens with zero attached hydrogens (tertiary/aromatic N) is 2. The van der Waals surface area contributed by atoms with Gasteiger partial charge in [0.25, 0.3) is 0 Å². The summed E-state index contributed by atoms with van der Waals surface area (Å²) in [6.45, 7) is 7.21. The summed E-state index contributed by atoms with van der Waals surface area (Å²) in [5.41, 5.74) is -2.86. The molecule has 0 amide bonds. The molecule has 0 fully saturated rings. The standard InChI is InChI=1S/C22H16F3N3O3/c1-3-8-13(4-2)26-18-12-17(29)19-15(22(23,24)25)11-16(21(30)31)27-20(19)28(18)14-9-6-5-7-10-14/h3-12,26H,1-2H2,(H,30,31)/b13-8+. The fourth-order valence-corrected chi connectivity index (χ4v) is 3.01. The topological polar surface area (TPSA) is 84.2 Å². The largest absolute Gasteiger partial charge is 0.477 e. The lowest BCUT2D eigenvalue weighted by Gasteiger charge is -2.20. The number of pyridine rings is 2. The van der Waals surface area contributed by atoms with Crippen LogP contribution in [0.4, 0.5) is 19.0 Å². The van der Waals surface area contributed by atoms with Gasteiger partial charge in [0.15, 0.2) is 16.8 Å². The van der Waals surface area contributed by atoms with Gasteiger partial charge < -0.3 is 10.4 Å². The van der Waals surface area contributed by atoms with Crippen LogP contribution in [0.1, 0.15) is 16.1 Å². The number of benzene rings is 1. The number of anilines is 1. The van der Waals surface area contributed by atoms with Gasteiger partial charge in [-0.2, -0.15) is 13.2 Å². The molecule has 0 bridgehead atoms. The lowest BCUT2D eigenvalue weighted by Crippen LogP contribution is -2.20. The Morgan fingerprint density at radius 2 is 1.84 bits per heavy atom. The van der Waals surface area contributed by atoms with Crippen LogP contribution >= 0.6 is 0 Å². The molecule has 0 aliphatic rings. The number of hydrogen-bond acceptors (Lipinski definition) is 4. The number of carbonyl (C=O) groups is 1. The lowest BCUT2D eigenvalue weighted by atomic mass is 10.1. The van der Waals surface area contributed by atoms with Gasteiger partial charge in [0.1, 0.15) is 5.82 Å². The third kappa shape index (κ3) is 4.25. The summed E-state index contributed by atoms with van der Waals surface area (Å²) in [6.07, 6.45) is -0.547. The molecule has 0 atom stereocenters. The van der Waals surface area contributed by atoms with Gasteiger partial charge >= 0.3 is 12.1 Å². The van der Waals surface area contributed by atoms with E-state index in [9.17, 15) is 27.9 Å². The van der Waals surface area contributed by atoms with E-state index in [1.54, 1.807) is 36.4 Å². The van der Waals surface area contributed by atoms with Crippen LogP contribution in [-0.2, 0) is 6.18 Å². The van der Waals surface area contributed by atoms with Crippen LogP contribution in [-0.4, -0.2) is 20.6 Å². The summed E-state index contributed by atoms with van der Waals surface area (Å²) in [5.74, 6) is -1.59. The first-order valence-corrected chi connectivity index (χ1v) is 8.86. The Bertz CT molecular complexity index is 1280. The average Bonchev–Trinajstić information content (AvgIpc) is 2.72.